The van der Waals surface area contributed by atoms with Crippen molar-refractivity contribution >= 4 is 0 Å². The Morgan fingerprint density at radius 2 is 1.68 bits per heavy atom. The molecule has 1 heterocycles. The van der Waals surface area contributed by atoms with E-state index in [0.717, 1.165) is 52.1 Å². The number of hydrogen-bond acceptors (Lipinski definition) is 4. The van der Waals surface area contributed by atoms with Gasteiger partial charge in [-0.15, -0.1) is 0 Å². The Bertz CT molecular complexity index is 661. The Kier molecular flexibility index (Phi) is 8.49. The molecule has 0 bridgehead atoms. The highest BCUT2D eigenvalue weighted by Crippen LogP contribution is 2.26. The Balaban J connectivity index is 1.74. The summed E-state index contributed by atoms with van der Waals surface area (Å²) in [5.74, 6) is 0. The van der Waals surface area contributed by atoms with Gasteiger partial charge in [0, 0.05) is 38.3 Å². The van der Waals surface area contributed by atoms with Gasteiger partial charge in [-0.3, -0.25) is 9.80 Å². The lowest BCUT2D eigenvalue weighted by Gasteiger charge is -2.37. The first-order chi connectivity index (χ1) is 13.8. The molecule has 0 aliphatic carbocycles. The molecule has 1 saturated heterocycles. The van der Waals surface area contributed by atoms with Crippen LogP contribution in [0.4, 0.5) is 0 Å². The third-order valence-electron chi connectivity index (χ3n) is 5.92. The molecule has 0 aromatic heterocycles. The number of nitrogens with one attached hydrogen (secondary N) is 2. The van der Waals surface area contributed by atoms with Crippen LogP contribution in [0.2, 0.25) is 0 Å². The lowest BCUT2D eigenvalue weighted by atomic mass is 10.00. The summed E-state index contributed by atoms with van der Waals surface area (Å²) in [4.78, 5) is 5.21. The van der Waals surface area contributed by atoms with Crippen molar-refractivity contribution in [2.24, 2.45) is 0 Å². The maximum Gasteiger partial charge on any atom is 0.0361 e. The maximum absolute atomic E-state index is 3.68. The van der Waals surface area contributed by atoms with Gasteiger partial charge in [0.25, 0.3) is 0 Å². The summed E-state index contributed by atoms with van der Waals surface area (Å²) in [6.07, 6.45) is 2.29. The van der Waals surface area contributed by atoms with Crippen LogP contribution in [0.3, 0.4) is 0 Å². The van der Waals surface area contributed by atoms with Crippen LogP contribution in [0.5, 0.6) is 0 Å². The molecule has 2 aromatic carbocycles. The van der Waals surface area contributed by atoms with Crippen molar-refractivity contribution in [1.29, 1.82) is 0 Å². The summed E-state index contributed by atoms with van der Waals surface area (Å²) in [7, 11) is 4.33. The van der Waals surface area contributed by atoms with Crippen LogP contribution in [-0.2, 0) is 0 Å². The van der Waals surface area contributed by atoms with E-state index >= 15 is 0 Å². The van der Waals surface area contributed by atoms with E-state index in [1.165, 1.54) is 11.1 Å². The van der Waals surface area contributed by atoms with E-state index in [1.54, 1.807) is 0 Å². The third kappa shape index (κ3) is 5.89. The van der Waals surface area contributed by atoms with Crippen molar-refractivity contribution in [2.75, 3.05) is 53.4 Å². The number of likely N-dealkylation sites (N-methyl/N-ethyl adjacent to an activating group) is 1. The molecule has 1 aliphatic rings. The first-order valence-electron chi connectivity index (χ1n) is 10.7. The zero-order chi connectivity index (χ0) is 19.6. The molecule has 28 heavy (non-hydrogen) atoms. The predicted octanol–water partition coefficient (Wildman–Crippen LogP) is 3.31. The fourth-order valence-electron chi connectivity index (χ4n) is 4.28. The van der Waals surface area contributed by atoms with Crippen molar-refractivity contribution in [2.45, 2.75) is 24.9 Å². The van der Waals surface area contributed by atoms with E-state index in [2.05, 4.69) is 88.1 Å². The molecule has 1 fully saturated rings. The van der Waals surface area contributed by atoms with E-state index in [4.69, 9.17) is 0 Å². The standard InChI is InChI=1S/C24H36N4/c1-25-15-13-24(22-11-7-4-8-12-22)28-18-17-26-16-14-23(27(2)19-20-28)21-9-5-3-6-10-21/h3-12,23-26H,13-20H2,1-2H3. The van der Waals surface area contributed by atoms with Gasteiger partial charge in [0.05, 0.1) is 0 Å². The fourth-order valence-corrected chi connectivity index (χ4v) is 4.28. The number of nitrogens with zero attached hydrogens (tertiary/aromatic N) is 2. The van der Waals surface area contributed by atoms with Crippen LogP contribution in [0.25, 0.3) is 0 Å². The highest BCUT2D eigenvalue weighted by molar-refractivity contribution is 5.20. The van der Waals surface area contributed by atoms with Gasteiger partial charge in [0.15, 0.2) is 0 Å². The van der Waals surface area contributed by atoms with E-state index in [9.17, 15) is 0 Å². The van der Waals surface area contributed by atoms with Gasteiger partial charge in [-0.25, -0.2) is 0 Å². The van der Waals surface area contributed by atoms with Gasteiger partial charge in [-0.1, -0.05) is 60.7 Å². The minimum absolute atomic E-state index is 0.457. The summed E-state index contributed by atoms with van der Waals surface area (Å²) >= 11 is 0. The highest BCUT2D eigenvalue weighted by atomic mass is 15.2. The summed E-state index contributed by atoms with van der Waals surface area (Å²) in [6, 6.07) is 22.9. The van der Waals surface area contributed by atoms with Crippen molar-refractivity contribution in [3.63, 3.8) is 0 Å². The molecule has 152 valence electrons. The average Bonchev–Trinajstić information content (AvgIpc) is 2.75. The molecule has 4 nitrogen and oxygen atoms in total. The minimum atomic E-state index is 0.457. The van der Waals surface area contributed by atoms with Crippen LogP contribution in [0, 0.1) is 0 Å². The van der Waals surface area contributed by atoms with Crippen molar-refractivity contribution in [1.82, 2.24) is 20.4 Å². The second kappa shape index (κ2) is 11.3. The van der Waals surface area contributed by atoms with Crippen molar-refractivity contribution in [3.8, 4) is 0 Å². The van der Waals surface area contributed by atoms with E-state index in [0.29, 0.717) is 12.1 Å². The quantitative estimate of drug-likeness (QED) is 0.805. The van der Waals surface area contributed by atoms with Gasteiger partial charge < -0.3 is 10.6 Å². The molecular formula is C24H36N4. The van der Waals surface area contributed by atoms with Crippen LogP contribution in [-0.4, -0.2) is 63.2 Å². The lowest BCUT2D eigenvalue weighted by molar-refractivity contribution is 0.135. The molecule has 2 atom stereocenters. The Hall–Kier alpha value is -1.72. The minimum Gasteiger partial charge on any atom is -0.320 e. The first kappa shape index (κ1) is 21.0. The van der Waals surface area contributed by atoms with E-state index < -0.39 is 0 Å². The third-order valence-corrected chi connectivity index (χ3v) is 5.92. The van der Waals surface area contributed by atoms with Crippen LogP contribution >= 0.6 is 0 Å². The molecular weight excluding hydrogens is 344 g/mol. The number of hydrogen-bond donors (Lipinski definition) is 2. The SMILES string of the molecule is CNCCC(c1ccccc1)N1CCNCCC(c2ccccc2)N(C)CC1. The zero-order valence-electron chi connectivity index (χ0n) is 17.5. The Morgan fingerprint density at radius 1 is 0.964 bits per heavy atom. The molecule has 0 saturated carbocycles. The van der Waals surface area contributed by atoms with Crippen LogP contribution in [0.1, 0.15) is 36.1 Å². The molecule has 2 aromatic rings. The second-order valence-corrected chi connectivity index (χ2v) is 7.80. The summed E-state index contributed by atoms with van der Waals surface area (Å²) in [6.45, 7) is 6.41. The first-order valence-corrected chi connectivity index (χ1v) is 10.7. The Morgan fingerprint density at radius 3 is 2.39 bits per heavy atom. The normalized spacial score (nSPS) is 21.3. The van der Waals surface area contributed by atoms with Gasteiger partial charge in [0.1, 0.15) is 0 Å². The molecule has 0 radical (unpaired) electrons. The zero-order valence-corrected chi connectivity index (χ0v) is 17.5. The topological polar surface area (TPSA) is 30.5 Å². The molecule has 0 spiro atoms. The van der Waals surface area contributed by atoms with Crippen molar-refractivity contribution < 1.29 is 0 Å². The van der Waals surface area contributed by atoms with Gasteiger partial charge in [0.2, 0.25) is 0 Å². The predicted molar refractivity (Wildman–Crippen MR) is 119 cm³/mol. The Labute approximate surface area is 170 Å². The van der Waals surface area contributed by atoms with Gasteiger partial charge >= 0.3 is 0 Å². The van der Waals surface area contributed by atoms with Crippen LogP contribution in [0.15, 0.2) is 60.7 Å². The maximum atomic E-state index is 3.68. The van der Waals surface area contributed by atoms with E-state index in [-0.39, 0.29) is 0 Å². The molecule has 2 unspecified atom stereocenters. The highest BCUT2D eigenvalue weighted by Gasteiger charge is 2.23. The molecule has 4 heteroatoms. The molecule has 0 amide bonds. The fraction of sp³-hybridized carbons (Fsp3) is 0.500. The van der Waals surface area contributed by atoms with Gasteiger partial charge in [-0.05, 0) is 51.2 Å². The molecule has 3 rings (SSSR count). The molecule has 1 aliphatic heterocycles. The summed E-state index contributed by atoms with van der Waals surface area (Å²) in [5.41, 5.74) is 2.85. The van der Waals surface area contributed by atoms with Crippen LogP contribution < -0.4 is 10.6 Å². The largest absolute Gasteiger partial charge is 0.320 e. The van der Waals surface area contributed by atoms with Crippen molar-refractivity contribution in [3.05, 3.63) is 71.8 Å². The molecule has 2 N–H and O–H groups in total. The average molecular weight is 381 g/mol. The van der Waals surface area contributed by atoms with Gasteiger partial charge in [-0.2, -0.15) is 0 Å². The number of benzene rings is 2. The monoisotopic (exact) mass is 380 g/mol. The van der Waals surface area contributed by atoms with E-state index in [1.807, 2.05) is 7.05 Å². The second-order valence-electron chi connectivity index (χ2n) is 7.80. The lowest BCUT2D eigenvalue weighted by Crippen LogP contribution is -2.43. The summed E-state index contributed by atoms with van der Waals surface area (Å²) in [5, 5.41) is 7.03. The summed E-state index contributed by atoms with van der Waals surface area (Å²) < 4.78 is 0. The number of rotatable bonds is 6. The smallest absolute Gasteiger partial charge is 0.0361 e.